The Labute approximate surface area is 55.8 Å². The van der Waals surface area contributed by atoms with Gasteiger partial charge in [0, 0.05) is 0 Å². The van der Waals surface area contributed by atoms with Gasteiger partial charge in [-0.1, -0.05) is 0 Å². The fourth-order valence-electron chi connectivity index (χ4n) is 0. The van der Waals surface area contributed by atoms with E-state index in [1.807, 2.05) is 0 Å². The van der Waals surface area contributed by atoms with Gasteiger partial charge in [0.15, 0.2) is 0 Å². The van der Waals surface area contributed by atoms with Crippen molar-refractivity contribution in [3.05, 3.63) is 0 Å². The number of rotatable bonds is 0. The van der Waals surface area contributed by atoms with Gasteiger partial charge >= 0.3 is 0 Å². The van der Waals surface area contributed by atoms with Crippen molar-refractivity contribution in [3.63, 3.8) is 0 Å². The van der Waals surface area contributed by atoms with E-state index in [-0.39, 0.29) is 0 Å². The third-order valence-electron chi connectivity index (χ3n) is 0. The minimum absolute atomic E-state index is 3.80. The van der Waals surface area contributed by atoms with Crippen LogP contribution in [0.3, 0.4) is 0 Å². The molecule has 8 nitrogen and oxygen atoms in total. The van der Waals surface area contributed by atoms with E-state index in [1.54, 1.807) is 0 Å². The quantitative estimate of drug-likeness (QED) is 0.360. The fraction of sp³-hybridized carbons (Fsp3) is 0. The van der Waals surface area contributed by atoms with Crippen molar-refractivity contribution in [2.45, 2.75) is 0 Å². The topological polar surface area (TPSA) is 173 Å². The molecule has 0 rings (SSSR count). The Morgan fingerprint density at radius 3 is 1.10 bits per heavy atom. The van der Waals surface area contributed by atoms with Crippen LogP contribution < -0.4 is 25.1 Å². The van der Waals surface area contributed by atoms with Gasteiger partial charge in [-0.15, -0.1) is 0 Å². The number of hydrogen-bond donors (Lipinski definition) is 2. The molecule has 0 aliphatic carbocycles. The van der Waals surface area contributed by atoms with E-state index in [1.165, 1.54) is 0 Å². The van der Waals surface area contributed by atoms with Crippen molar-refractivity contribution < 1.29 is 33.6 Å². The molecule has 0 aromatic heterocycles. The first-order valence-electron chi connectivity index (χ1n) is 1.55. The molecule has 10 heteroatoms. The van der Waals surface area contributed by atoms with Crippen LogP contribution in [0.1, 0.15) is 0 Å². The molecule has 0 spiro atoms. The lowest BCUT2D eigenvalue weighted by Crippen LogP contribution is -2.20. The summed E-state index contributed by atoms with van der Waals surface area (Å²) in [5.41, 5.74) is 3.80. The van der Waals surface area contributed by atoms with Crippen molar-refractivity contribution in [2.75, 3.05) is 0 Å². The lowest BCUT2D eigenvalue weighted by atomic mass is 13.9. The molecule has 0 fully saturated rings. The molecule has 0 bridgehead atoms. The maximum atomic E-state index is 8.88. The zero-order valence-electron chi connectivity index (χ0n) is 4.37. The monoisotopic (exact) mass is 191 g/mol. The maximum absolute atomic E-state index is 8.88. The molecule has 0 aliphatic rings. The molecule has 3 N–H and O–H groups in total. The first-order chi connectivity index (χ1) is 4.00. The van der Waals surface area contributed by atoms with Crippen molar-refractivity contribution in [2.24, 2.45) is 5.50 Å². The Morgan fingerprint density at radius 1 is 1.10 bits per heavy atom. The van der Waals surface area contributed by atoms with E-state index in [0.29, 0.717) is 0 Å². The summed E-state index contributed by atoms with van der Waals surface area (Å²) in [4.78, 5) is 42.0. The molecule has 0 aromatic carbocycles. The van der Waals surface area contributed by atoms with E-state index < -0.39 is 15.6 Å². The molecule has 64 valence electrons. The molecule has 0 amide bonds. The second-order valence-corrected chi connectivity index (χ2v) is 3.03. The van der Waals surface area contributed by atoms with Crippen LogP contribution in [-0.4, -0.2) is 4.89 Å². The number of phosphoric acid groups is 1. The van der Waals surface area contributed by atoms with Gasteiger partial charge in [0.1, 0.15) is 0 Å². The van der Waals surface area contributed by atoms with Crippen LogP contribution in [0.2, 0.25) is 0 Å². The Kier molecular flexibility index (Phi) is 5.36. The molecule has 10 heavy (non-hydrogen) atoms. The summed E-state index contributed by atoms with van der Waals surface area (Å²) in [6.45, 7) is 0. The van der Waals surface area contributed by atoms with Crippen molar-refractivity contribution in [1.82, 2.24) is 0 Å². The van der Waals surface area contributed by atoms with Crippen molar-refractivity contribution >= 4 is 15.6 Å². The fourth-order valence-corrected chi connectivity index (χ4v) is 0. The van der Waals surface area contributed by atoms with Gasteiger partial charge in [0.25, 0.3) is 0 Å². The molecule has 0 atom stereocenters. The average molecular weight is 191 g/mol. The zero-order chi connectivity index (χ0) is 9.00. The largest absolute Gasteiger partial charge is 0.799 e. The molecule has 0 unspecified atom stereocenters. The second-order valence-electron chi connectivity index (χ2n) is 1.01. The summed E-state index contributed by atoms with van der Waals surface area (Å²) in [6, 6.07) is 0. The molecule has 0 radical (unpaired) electrons. The highest BCUT2D eigenvalue weighted by Gasteiger charge is 1.64. The molecular weight excluding hydrogens is 188 g/mol. The predicted octanol–water partition coefficient (Wildman–Crippen LogP) is -4.42. The summed E-state index contributed by atoms with van der Waals surface area (Å²) in [7, 11) is -9.78. The van der Waals surface area contributed by atoms with Gasteiger partial charge in [-0.25, -0.2) is 0 Å². The number of hydrogen-bond acceptors (Lipinski definition) is 6. The highest BCUT2D eigenvalue weighted by Crippen LogP contribution is 2.11. The Morgan fingerprint density at radius 2 is 1.10 bits per heavy atom. The SMILES string of the molecule is NP(=O)([O-])[O-].O=P([O-])([O-])O. The van der Waals surface area contributed by atoms with Gasteiger partial charge in [-0.3, -0.25) is 0 Å². The lowest BCUT2D eigenvalue weighted by Gasteiger charge is -2.21. The van der Waals surface area contributed by atoms with Crippen LogP contribution in [-0.2, 0) is 9.13 Å². The highest BCUT2D eigenvalue weighted by molar-refractivity contribution is 7.46. The zero-order valence-corrected chi connectivity index (χ0v) is 6.16. The van der Waals surface area contributed by atoms with E-state index in [9.17, 15) is 0 Å². The minimum Gasteiger partial charge on any atom is -0.799 e. The van der Waals surface area contributed by atoms with E-state index >= 15 is 0 Å². The lowest BCUT2D eigenvalue weighted by molar-refractivity contribution is -0.337. The van der Waals surface area contributed by atoms with Gasteiger partial charge in [0.2, 0.25) is 0 Å². The molecular formula is H3NO7P2-4. The Balaban J connectivity index is 0. The molecule has 0 aromatic rings. The van der Waals surface area contributed by atoms with Gasteiger partial charge < -0.3 is 39.1 Å². The predicted molar refractivity (Wildman–Crippen MR) is 21.6 cm³/mol. The molecule has 0 saturated heterocycles. The summed E-state index contributed by atoms with van der Waals surface area (Å²) < 4.78 is 17.5. The summed E-state index contributed by atoms with van der Waals surface area (Å²) in [6.07, 6.45) is 0. The van der Waals surface area contributed by atoms with Crippen LogP contribution in [0.5, 0.6) is 0 Å². The molecule has 0 saturated carbocycles. The highest BCUT2D eigenvalue weighted by atomic mass is 31.2. The van der Waals surface area contributed by atoms with Crippen molar-refractivity contribution in [1.29, 1.82) is 0 Å². The average Bonchev–Trinajstić information content (AvgIpc) is 1.12. The third kappa shape index (κ3) is 8850. The van der Waals surface area contributed by atoms with E-state index in [4.69, 9.17) is 33.6 Å². The maximum Gasteiger partial charge on any atom is 0.0557 e. The first-order valence-corrected chi connectivity index (χ1v) is 4.66. The summed E-state index contributed by atoms with van der Waals surface area (Å²) >= 11 is 0. The van der Waals surface area contributed by atoms with Crippen molar-refractivity contribution in [3.8, 4) is 0 Å². The summed E-state index contributed by atoms with van der Waals surface area (Å²) in [5.74, 6) is 0. The van der Waals surface area contributed by atoms with Crippen LogP contribution in [0.25, 0.3) is 0 Å². The Hall–Kier alpha value is 0.220. The van der Waals surface area contributed by atoms with E-state index in [0.717, 1.165) is 0 Å². The van der Waals surface area contributed by atoms with E-state index in [2.05, 4.69) is 5.50 Å². The standard InChI is InChI=1S/H4NO3P.H3O4P/c2*1-5(2,3)4/h(H4,1,2,3,4);(H3,1,2,3,4)/p-4. The van der Waals surface area contributed by atoms with Crippen LogP contribution in [0.15, 0.2) is 0 Å². The first kappa shape index (κ1) is 12.9. The van der Waals surface area contributed by atoms with Gasteiger partial charge in [-0.2, -0.15) is 0 Å². The molecule has 0 aliphatic heterocycles. The van der Waals surface area contributed by atoms with Crippen LogP contribution >= 0.6 is 15.6 Å². The Bertz CT molecular complexity index is 124. The smallest absolute Gasteiger partial charge is 0.0557 e. The normalized spacial score (nSPS) is 11.8. The van der Waals surface area contributed by atoms with Gasteiger partial charge in [0.05, 0.1) is 7.82 Å². The summed E-state index contributed by atoms with van der Waals surface area (Å²) in [5, 5.41) is 0. The third-order valence-corrected chi connectivity index (χ3v) is 0. The number of nitrogens with two attached hydrogens (primary N) is 1. The van der Waals surface area contributed by atoms with Gasteiger partial charge in [-0.05, 0) is 7.75 Å². The second kappa shape index (κ2) is 4.17. The molecule has 0 heterocycles. The van der Waals surface area contributed by atoms with Crippen LogP contribution in [0.4, 0.5) is 0 Å². The minimum atomic E-state index is -5.14. The van der Waals surface area contributed by atoms with Crippen LogP contribution in [0, 0.1) is 0 Å².